The molecule has 2 amide bonds. The number of para-hydroxylation sites is 1. The molecule has 118 valence electrons. The normalized spacial score (nSPS) is 20.6. The van der Waals surface area contributed by atoms with Gasteiger partial charge in [0.1, 0.15) is 0 Å². The number of hydrogen-bond acceptors (Lipinski definition) is 2. The van der Waals surface area contributed by atoms with Gasteiger partial charge in [0.25, 0.3) is 0 Å². The van der Waals surface area contributed by atoms with Gasteiger partial charge < -0.3 is 10.2 Å². The highest BCUT2D eigenvalue weighted by Crippen LogP contribution is 2.37. The van der Waals surface area contributed by atoms with E-state index in [-0.39, 0.29) is 24.3 Å². The van der Waals surface area contributed by atoms with Crippen molar-refractivity contribution >= 4 is 33.4 Å². The SMILES string of the molecule is CN1C(=O)C[C@H](C(=O)Nc2ccccc2Br)[C@H]1c1ccccc1. The summed E-state index contributed by atoms with van der Waals surface area (Å²) in [6.45, 7) is 0. The molecule has 1 aliphatic heterocycles. The van der Waals surface area contributed by atoms with Crippen LogP contribution >= 0.6 is 15.9 Å². The average molecular weight is 373 g/mol. The van der Waals surface area contributed by atoms with Crippen molar-refractivity contribution in [2.24, 2.45) is 5.92 Å². The molecule has 0 bridgehead atoms. The summed E-state index contributed by atoms with van der Waals surface area (Å²) in [6.07, 6.45) is 0.229. The maximum Gasteiger partial charge on any atom is 0.230 e. The molecule has 2 aromatic carbocycles. The Labute approximate surface area is 143 Å². The number of benzene rings is 2. The van der Waals surface area contributed by atoms with Gasteiger partial charge in [-0.1, -0.05) is 42.5 Å². The summed E-state index contributed by atoms with van der Waals surface area (Å²) < 4.78 is 0.822. The second-order valence-corrected chi connectivity index (χ2v) is 6.49. The monoisotopic (exact) mass is 372 g/mol. The van der Waals surface area contributed by atoms with Crippen molar-refractivity contribution in [1.82, 2.24) is 4.90 Å². The minimum Gasteiger partial charge on any atom is -0.338 e. The molecule has 0 aliphatic carbocycles. The fraction of sp³-hybridized carbons (Fsp3) is 0.222. The molecular weight excluding hydrogens is 356 g/mol. The fourth-order valence-electron chi connectivity index (χ4n) is 3.00. The van der Waals surface area contributed by atoms with Crippen LogP contribution in [0, 0.1) is 5.92 Å². The van der Waals surface area contributed by atoms with Crippen LogP contribution < -0.4 is 5.32 Å². The van der Waals surface area contributed by atoms with Crippen molar-refractivity contribution in [2.75, 3.05) is 12.4 Å². The number of nitrogens with one attached hydrogen (secondary N) is 1. The Morgan fingerprint density at radius 3 is 2.48 bits per heavy atom. The number of carbonyl (C=O) groups excluding carboxylic acids is 2. The Kier molecular flexibility index (Phi) is 4.48. The Hall–Kier alpha value is -2.14. The van der Waals surface area contributed by atoms with Crippen molar-refractivity contribution in [1.29, 1.82) is 0 Å². The molecule has 2 atom stereocenters. The van der Waals surface area contributed by atoms with E-state index in [1.54, 1.807) is 11.9 Å². The summed E-state index contributed by atoms with van der Waals surface area (Å²) in [6, 6.07) is 16.9. The zero-order valence-electron chi connectivity index (χ0n) is 12.7. The lowest BCUT2D eigenvalue weighted by Gasteiger charge is -2.25. The van der Waals surface area contributed by atoms with E-state index in [0.29, 0.717) is 5.69 Å². The third-order valence-corrected chi connectivity index (χ3v) is 4.89. The van der Waals surface area contributed by atoms with E-state index in [1.807, 2.05) is 54.6 Å². The van der Waals surface area contributed by atoms with E-state index in [1.165, 1.54) is 0 Å². The molecule has 0 saturated carbocycles. The first-order chi connectivity index (χ1) is 11.1. The minimum absolute atomic E-state index is 0.00821. The van der Waals surface area contributed by atoms with Gasteiger partial charge in [0.2, 0.25) is 11.8 Å². The second-order valence-electron chi connectivity index (χ2n) is 5.64. The van der Waals surface area contributed by atoms with E-state index >= 15 is 0 Å². The largest absolute Gasteiger partial charge is 0.338 e. The molecule has 23 heavy (non-hydrogen) atoms. The number of carbonyl (C=O) groups is 2. The number of rotatable bonds is 3. The predicted octanol–water partition coefficient (Wildman–Crippen LogP) is 3.61. The zero-order chi connectivity index (χ0) is 16.4. The highest BCUT2D eigenvalue weighted by molar-refractivity contribution is 9.10. The lowest BCUT2D eigenvalue weighted by molar-refractivity contribution is -0.127. The highest BCUT2D eigenvalue weighted by Gasteiger charge is 2.42. The first-order valence-electron chi connectivity index (χ1n) is 7.44. The van der Waals surface area contributed by atoms with Gasteiger partial charge in [-0.05, 0) is 33.6 Å². The van der Waals surface area contributed by atoms with Crippen LogP contribution in [0.4, 0.5) is 5.69 Å². The average Bonchev–Trinajstić information content (AvgIpc) is 2.86. The number of hydrogen-bond donors (Lipinski definition) is 1. The topological polar surface area (TPSA) is 49.4 Å². The lowest BCUT2D eigenvalue weighted by atomic mass is 9.93. The third kappa shape index (κ3) is 3.15. The molecule has 1 aliphatic rings. The first kappa shape index (κ1) is 15.7. The molecule has 0 unspecified atom stereocenters. The molecule has 1 saturated heterocycles. The van der Waals surface area contributed by atoms with Crippen LogP contribution in [0.15, 0.2) is 59.1 Å². The van der Waals surface area contributed by atoms with Crippen molar-refractivity contribution in [3.8, 4) is 0 Å². The smallest absolute Gasteiger partial charge is 0.230 e. The van der Waals surface area contributed by atoms with Gasteiger partial charge in [0.05, 0.1) is 17.6 Å². The Balaban J connectivity index is 1.86. The summed E-state index contributed by atoms with van der Waals surface area (Å²) in [5.41, 5.74) is 1.69. The van der Waals surface area contributed by atoms with Crippen LogP contribution in [-0.2, 0) is 9.59 Å². The molecule has 1 N–H and O–H groups in total. The van der Waals surface area contributed by atoms with Crippen LogP contribution in [-0.4, -0.2) is 23.8 Å². The number of nitrogens with zero attached hydrogens (tertiary/aromatic N) is 1. The standard InChI is InChI=1S/C18H17BrN2O2/c1-21-16(22)11-13(17(21)12-7-3-2-4-8-12)18(23)20-15-10-6-5-9-14(15)19/h2-10,13,17H,11H2,1H3,(H,20,23)/t13-,17+/m0/s1. The highest BCUT2D eigenvalue weighted by atomic mass is 79.9. The van der Waals surface area contributed by atoms with E-state index in [2.05, 4.69) is 21.2 Å². The molecule has 1 fully saturated rings. The predicted molar refractivity (Wildman–Crippen MR) is 92.8 cm³/mol. The number of likely N-dealkylation sites (tertiary alicyclic amines) is 1. The Bertz CT molecular complexity index is 733. The maximum atomic E-state index is 12.7. The molecule has 1 heterocycles. The maximum absolute atomic E-state index is 12.7. The summed E-state index contributed by atoms with van der Waals surface area (Å²) in [7, 11) is 1.76. The van der Waals surface area contributed by atoms with Crippen molar-refractivity contribution in [3.05, 3.63) is 64.6 Å². The molecule has 3 rings (SSSR count). The van der Waals surface area contributed by atoms with E-state index in [9.17, 15) is 9.59 Å². The lowest BCUT2D eigenvalue weighted by Crippen LogP contribution is -2.30. The fourth-order valence-corrected chi connectivity index (χ4v) is 3.38. The van der Waals surface area contributed by atoms with Gasteiger partial charge in [-0.3, -0.25) is 9.59 Å². The molecule has 0 radical (unpaired) electrons. The van der Waals surface area contributed by atoms with Gasteiger partial charge in [-0.2, -0.15) is 0 Å². The van der Waals surface area contributed by atoms with E-state index in [4.69, 9.17) is 0 Å². The van der Waals surface area contributed by atoms with Crippen LogP contribution in [0.1, 0.15) is 18.0 Å². The first-order valence-corrected chi connectivity index (χ1v) is 8.23. The van der Waals surface area contributed by atoms with E-state index < -0.39 is 5.92 Å². The number of halogens is 1. The second kappa shape index (κ2) is 6.54. The van der Waals surface area contributed by atoms with Crippen LogP contribution in [0.5, 0.6) is 0 Å². The summed E-state index contributed by atoms with van der Waals surface area (Å²) in [4.78, 5) is 26.5. The molecule has 0 aromatic heterocycles. The molecule has 5 heteroatoms. The third-order valence-electron chi connectivity index (χ3n) is 4.20. The van der Waals surface area contributed by atoms with Crippen molar-refractivity contribution in [2.45, 2.75) is 12.5 Å². The molecular formula is C18H17BrN2O2. The van der Waals surface area contributed by atoms with E-state index in [0.717, 1.165) is 10.0 Å². The van der Waals surface area contributed by atoms with Crippen LogP contribution in [0.25, 0.3) is 0 Å². The van der Waals surface area contributed by atoms with Gasteiger partial charge in [-0.15, -0.1) is 0 Å². The number of anilines is 1. The Morgan fingerprint density at radius 2 is 1.78 bits per heavy atom. The van der Waals surface area contributed by atoms with Crippen LogP contribution in [0.2, 0.25) is 0 Å². The summed E-state index contributed by atoms with van der Waals surface area (Å²) in [5, 5.41) is 2.93. The molecule has 2 aromatic rings. The summed E-state index contributed by atoms with van der Waals surface area (Å²) >= 11 is 3.43. The van der Waals surface area contributed by atoms with Gasteiger partial charge in [0, 0.05) is 17.9 Å². The molecule has 4 nitrogen and oxygen atoms in total. The zero-order valence-corrected chi connectivity index (χ0v) is 14.3. The van der Waals surface area contributed by atoms with Crippen molar-refractivity contribution in [3.63, 3.8) is 0 Å². The van der Waals surface area contributed by atoms with Gasteiger partial charge in [0.15, 0.2) is 0 Å². The number of amides is 2. The van der Waals surface area contributed by atoms with Crippen LogP contribution in [0.3, 0.4) is 0 Å². The summed E-state index contributed by atoms with van der Waals surface area (Å²) in [5.74, 6) is -0.545. The van der Waals surface area contributed by atoms with Gasteiger partial charge in [-0.25, -0.2) is 0 Å². The van der Waals surface area contributed by atoms with Gasteiger partial charge >= 0.3 is 0 Å². The Morgan fingerprint density at radius 1 is 1.13 bits per heavy atom. The van der Waals surface area contributed by atoms with Crippen molar-refractivity contribution < 1.29 is 9.59 Å². The quantitative estimate of drug-likeness (QED) is 0.894. The minimum atomic E-state index is -0.401. The molecule has 0 spiro atoms.